The predicted molar refractivity (Wildman–Crippen MR) is 227 cm³/mol. The van der Waals surface area contributed by atoms with Crippen LogP contribution in [-0.4, -0.2) is 58.6 Å². The summed E-state index contributed by atoms with van der Waals surface area (Å²) in [6, 6.07) is 11.6. The molecule has 0 aliphatic heterocycles. The highest BCUT2D eigenvalue weighted by Crippen LogP contribution is 2.52. The number of phosphoric acid groups is 1. The van der Waals surface area contributed by atoms with Gasteiger partial charge in [-0.2, -0.15) is 45.3 Å². The molecule has 2 atom stereocenters. The maximum Gasteiger partial charge on any atom is 0.469 e. The first-order valence-electron chi connectivity index (χ1n) is 19.9. The first kappa shape index (κ1) is 50.4. The molecule has 3 N–H and O–H groups in total. The van der Waals surface area contributed by atoms with Gasteiger partial charge < -0.3 is 15.1 Å². The van der Waals surface area contributed by atoms with E-state index in [1.54, 1.807) is 0 Å². The molecule has 1 unspecified atom stereocenters. The minimum atomic E-state index is -5.18. The summed E-state index contributed by atoms with van der Waals surface area (Å²) < 4.78 is 163. The first-order valence-corrected chi connectivity index (χ1v) is 23.0. The molecule has 362 valence electrons. The number of fused-ring (bicyclic) bond motifs is 2. The number of carbonyl (C=O) groups excluding carboxylic acids is 2. The number of nitrogens with zero attached hydrogens (tertiary/aromatic N) is 6. The third-order valence-electron chi connectivity index (χ3n) is 10.7. The number of pyridine rings is 1. The van der Waals surface area contributed by atoms with Crippen LogP contribution in [-0.2, 0) is 52.1 Å². The number of amides is 2. The maximum atomic E-state index is 15.3. The van der Waals surface area contributed by atoms with Crippen LogP contribution in [0.5, 0.6) is 0 Å². The highest BCUT2D eigenvalue weighted by atomic mass is 35.5. The van der Waals surface area contributed by atoms with Crippen molar-refractivity contribution in [2.75, 3.05) is 10.6 Å². The number of aryl methyl sites for hydroxylation is 1. The summed E-state index contributed by atoms with van der Waals surface area (Å²) in [4.78, 5) is 51.4. The SMILES string of the molecule is CSN(C(=O)c1ccccc1COP(=O)(O)O)c1nn(CC(F)(F)F)c2c(-c3ccc(C)nc3C(Cc3cc(F)cc(F)c3)NC(=O)Cn3nc(C(F)(F)F)c4c3C(F)(F)C[C@@H]4C)ccc(Cl)c12. The van der Waals surface area contributed by atoms with Crippen LogP contribution in [0.25, 0.3) is 22.0 Å². The Hall–Kier alpha value is -5.52. The van der Waals surface area contributed by atoms with Crippen molar-refractivity contribution in [3.05, 3.63) is 128 Å². The van der Waals surface area contributed by atoms with Crippen molar-refractivity contribution in [3.8, 4) is 11.1 Å². The Morgan fingerprint density at radius 3 is 2.29 bits per heavy atom. The molecule has 0 fully saturated rings. The number of halogens is 11. The van der Waals surface area contributed by atoms with Crippen LogP contribution in [0.2, 0.25) is 5.02 Å². The Kier molecular flexibility index (Phi) is 13.9. The zero-order valence-electron chi connectivity index (χ0n) is 35.3. The standard InChI is InChI=1S/C42H35ClF10N7O6PS/c1-20-16-40(46,47)37-32(20)36(42(51,52)53)56-58(37)17-31(61)55-30(14-22-12-24(44)15-25(45)13-22)34-27(9-8-21(2)54-34)28-10-11-29(43)33-35(28)59(19-41(48,49)50)57-38(33)60(68-3)39(62)26-7-5-4-6-23(26)18-66-67(63,64)65/h4-13,15,20,30H,14,16-19H2,1-3H3,(H,55,61)(H2,63,64,65)/t20-,30?/m0/s1. The molecule has 0 radical (unpaired) electrons. The Labute approximate surface area is 387 Å². The molecule has 3 aromatic heterocycles. The fourth-order valence-corrected chi connectivity index (χ4v) is 9.26. The first-order chi connectivity index (χ1) is 31.7. The average Bonchev–Trinajstić information content (AvgIpc) is 3.86. The highest BCUT2D eigenvalue weighted by Gasteiger charge is 2.53. The summed E-state index contributed by atoms with van der Waals surface area (Å²) in [6.07, 6.45) is -10.3. The number of hydrogen-bond donors (Lipinski definition) is 3. The molecule has 1 aliphatic rings. The van der Waals surface area contributed by atoms with Gasteiger partial charge in [0.05, 0.1) is 34.3 Å². The van der Waals surface area contributed by atoms with Crippen LogP contribution in [0, 0.1) is 18.6 Å². The number of rotatable bonds is 14. The van der Waals surface area contributed by atoms with Crippen LogP contribution in [0.3, 0.4) is 0 Å². The van der Waals surface area contributed by atoms with Crippen molar-refractivity contribution in [2.24, 2.45) is 0 Å². The molecule has 0 saturated carbocycles. The van der Waals surface area contributed by atoms with E-state index < -0.39 is 117 Å². The number of carbonyl (C=O) groups is 2. The van der Waals surface area contributed by atoms with Crippen LogP contribution < -0.4 is 9.62 Å². The van der Waals surface area contributed by atoms with Crippen LogP contribution in [0.15, 0.2) is 66.7 Å². The van der Waals surface area contributed by atoms with Crippen LogP contribution in [0.4, 0.5) is 49.7 Å². The van der Waals surface area contributed by atoms with Gasteiger partial charge in [-0.3, -0.25) is 28.5 Å². The van der Waals surface area contributed by atoms with E-state index in [-0.39, 0.29) is 59.8 Å². The number of phosphoric ester groups is 1. The Bertz CT molecular complexity index is 2980. The van der Waals surface area contributed by atoms with E-state index in [2.05, 4.69) is 25.0 Å². The van der Waals surface area contributed by atoms with E-state index in [0.29, 0.717) is 22.7 Å². The van der Waals surface area contributed by atoms with Gasteiger partial charge in [-0.05, 0) is 72.7 Å². The smallest absolute Gasteiger partial charge is 0.346 e. The minimum Gasteiger partial charge on any atom is -0.346 e. The van der Waals surface area contributed by atoms with Crippen molar-refractivity contribution in [2.45, 2.75) is 76.6 Å². The fourth-order valence-electron chi connectivity index (χ4n) is 8.15. The summed E-state index contributed by atoms with van der Waals surface area (Å²) in [5.74, 6) is -9.82. The quantitative estimate of drug-likeness (QED) is 0.0543. The third kappa shape index (κ3) is 10.7. The summed E-state index contributed by atoms with van der Waals surface area (Å²) >= 11 is 7.42. The topological polar surface area (TPSA) is 165 Å². The number of anilines is 1. The molecule has 7 rings (SSSR count). The molecule has 68 heavy (non-hydrogen) atoms. The molecule has 0 spiro atoms. The Morgan fingerprint density at radius 2 is 1.66 bits per heavy atom. The van der Waals surface area contributed by atoms with E-state index in [4.69, 9.17) is 11.6 Å². The van der Waals surface area contributed by atoms with Gasteiger partial charge in [0.15, 0.2) is 11.5 Å². The van der Waals surface area contributed by atoms with Crippen molar-refractivity contribution in [1.82, 2.24) is 29.9 Å². The van der Waals surface area contributed by atoms with Gasteiger partial charge in [0.2, 0.25) is 5.91 Å². The molecular formula is C42H35ClF10N7O6PS. The molecule has 0 saturated heterocycles. The minimum absolute atomic E-state index is 0.0201. The monoisotopic (exact) mass is 1020 g/mol. The molecule has 3 aromatic carbocycles. The van der Waals surface area contributed by atoms with Crippen molar-refractivity contribution in [3.63, 3.8) is 0 Å². The van der Waals surface area contributed by atoms with Crippen molar-refractivity contribution < 1.29 is 72.4 Å². The van der Waals surface area contributed by atoms with Crippen molar-refractivity contribution >= 4 is 59.9 Å². The lowest BCUT2D eigenvalue weighted by Crippen LogP contribution is -2.35. The lowest BCUT2D eigenvalue weighted by molar-refractivity contribution is -0.143. The van der Waals surface area contributed by atoms with E-state index >= 15 is 8.78 Å². The molecule has 0 bridgehead atoms. The Morgan fingerprint density at radius 1 is 1.00 bits per heavy atom. The highest BCUT2D eigenvalue weighted by molar-refractivity contribution is 8.00. The molecule has 6 aromatic rings. The number of alkyl halides is 8. The fraction of sp³-hybridized carbons (Fsp3) is 0.310. The van der Waals surface area contributed by atoms with E-state index in [9.17, 15) is 59.1 Å². The molecular weight excluding hydrogens is 987 g/mol. The molecule has 3 heterocycles. The van der Waals surface area contributed by atoms with Gasteiger partial charge in [-0.25, -0.2) is 17.7 Å². The van der Waals surface area contributed by atoms with E-state index in [1.807, 2.05) is 0 Å². The lowest BCUT2D eigenvalue weighted by atomic mass is 9.93. The number of aromatic nitrogens is 5. The molecule has 26 heteroatoms. The van der Waals surface area contributed by atoms with Gasteiger partial charge in [0, 0.05) is 46.7 Å². The normalized spacial score (nSPS) is 15.4. The van der Waals surface area contributed by atoms with Gasteiger partial charge >= 0.3 is 20.2 Å². The zero-order valence-corrected chi connectivity index (χ0v) is 37.7. The predicted octanol–water partition coefficient (Wildman–Crippen LogP) is 10.3. The second-order valence-electron chi connectivity index (χ2n) is 15.7. The molecule has 1 aliphatic carbocycles. The number of benzene rings is 3. The number of hydrogen-bond acceptors (Lipinski definition) is 8. The average molecular weight is 1020 g/mol. The largest absolute Gasteiger partial charge is 0.469 e. The summed E-state index contributed by atoms with van der Waals surface area (Å²) in [5, 5.41) is 9.63. The summed E-state index contributed by atoms with van der Waals surface area (Å²) in [5.41, 5.74) is -4.35. The second-order valence-corrected chi connectivity index (χ2v) is 18.1. The second kappa shape index (κ2) is 18.8. The van der Waals surface area contributed by atoms with E-state index in [1.165, 1.54) is 61.7 Å². The summed E-state index contributed by atoms with van der Waals surface area (Å²) in [6.45, 7) is -1.11. The van der Waals surface area contributed by atoms with Crippen LogP contribution in [0.1, 0.15) is 75.1 Å². The third-order valence-corrected chi connectivity index (χ3v) is 12.2. The van der Waals surface area contributed by atoms with Gasteiger partial charge in [0.25, 0.3) is 11.8 Å². The van der Waals surface area contributed by atoms with Crippen LogP contribution >= 0.6 is 31.4 Å². The maximum absolute atomic E-state index is 15.3. The molecule has 2 amide bonds. The summed E-state index contributed by atoms with van der Waals surface area (Å²) in [7, 11) is -5.04. The van der Waals surface area contributed by atoms with E-state index in [0.717, 1.165) is 23.4 Å². The van der Waals surface area contributed by atoms with Gasteiger partial charge in [-0.15, -0.1) is 0 Å². The Balaban J connectivity index is 1.39. The lowest BCUT2D eigenvalue weighted by Gasteiger charge is -2.23. The van der Waals surface area contributed by atoms with Gasteiger partial charge in [-0.1, -0.05) is 48.9 Å². The van der Waals surface area contributed by atoms with Crippen molar-refractivity contribution in [1.29, 1.82) is 0 Å². The molecule has 13 nitrogen and oxygen atoms in total. The van der Waals surface area contributed by atoms with Gasteiger partial charge in [0.1, 0.15) is 30.4 Å². The number of nitrogens with one attached hydrogen (secondary N) is 1. The zero-order chi connectivity index (χ0) is 49.8.